The molecule has 0 aromatic carbocycles. The van der Waals surface area contributed by atoms with Crippen molar-refractivity contribution in [1.29, 1.82) is 0 Å². The van der Waals surface area contributed by atoms with Gasteiger partial charge in [-0.1, -0.05) is 0 Å². The first kappa shape index (κ1) is 14.1. The van der Waals surface area contributed by atoms with Crippen molar-refractivity contribution >= 4 is 12.1 Å². The SMILES string of the molecule is CC(C)(C)OC(=O)[C@@H]1CCCN1CC1CNC(=O)O1. The highest BCUT2D eigenvalue weighted by atomic mass is 16.6. The number of nitrogens with zero attached hydrogens (tertiary/aromatic N) is 1. The Labute approximate surface area is 113 Å². The number of cyclic esters (lactones) is 1. The van der Waals surface area contributed by atoms with Crippen molar-refractivity contribution in [3.63, 3.8) is 0 Å². The van der Waals surface area contributed by atoms with Crippen molar-refractivity contribution in [2.24, 2.45) is 0 Å². The molecule has 0 aromatic heterocycles. The van der Waals surface area contributed by atoms with E-state index in [1.54, 1.807) is 0 Å². The molecule has 0 saturated carbocycles. The van der Waals surface area contributed by atoms with E-state index < -0.39 is 5.60 Å². The number of nitrogens with one attached hydrogen (secondary N) is 1. The number of rotatable bonds is 3. The van der Waals surface area contributed by atoms with Crippen molar-refractivity contribution in [2.75, 3.05) is 19.6 Å². The predicted molar refractivity (Wildman–Crippen MR) is 68.7 cm³/mol. The van der Waals surface area contributed by atoms with Crippen molar-refractivity contribution in [3.05, 3.63) is 0 Å². The Balaban J connectivity index is 1.89. The van der Waals surface area contributed by atoms with Gasteiger partial charge in [0, 0.05) is 6.54 Å². The van der Waals surface area contributed by atoms with Crippen molar-refractivity contribution in [1.82, 2.24) is 10.2 Å². The zero-order valence-corrected chi connectivity index (χ0v) is 11.8. The third kappa shape index (κ3) is 3.83. The summed E-state index contributed by atoms with van der Waals surface area (Å²) in [5, 5.41) is 2.62. The van der Waals surface area contributed by atoms with Gasteiger partial charge >= 0.3 is 12.1 Å². The average molecular weight is 270 g/mol. The lowest BCUT2D eigenvalue weighted by Crippen LogP contribution is -2.44. The minimum atomic E-state index is -0.466. The monoisotopic (exact) mass is 270 g/mol. The van der Waals surface area contributed by atoms with Gasteiger partial charge in [0.15, 0.2) is 0 Å². The lowest BCUT2D eigenvalue weighted by Gasteiger charge is -2.28. The first-order valence-corrected chi connectivity index (χ1v) is 6.76. The maximum absolute atomic E-state index is 12.1. The molecular weight excluding hydrogens is 248 g/mol. The number of amides is 1. The minimum absolute atomic E-state index is 0.171. The largest absolute Gasteiger partial charge is 0.459 e. The smallest absolute Gasteiger partial charge is 0.407 e. The third-order valence-corrected chi connectivity index (χ3v) is 3.23. The summed E-state index contributed by atoms with van der Waals surface area (Å²) in [5.41, 5.74) is -0.466. The van der Waals surface area contributed by atoms with Crippen LogP contribution in [0.2, 0.25) is 0 Å². The van der Waals surface area contributed by atoms with Crippen LogP contribution in [0, 0.1) is 0 Å². The fourth-order valence-electron chi connectivity index (χ4n) is 2.48. The Morgan fingerprint density at radius 3 is 2.84 bits per heavy atom. The highest BCUT2D eigenvalue weighted by molar-refractivity contribution is 5.76. The Morgan fingerprint density at radius 2 is 2.26 bits per heavy atom. The molecule has 2 aliphatic heterocycles. The molecule has 2 atom stereocenters. The Morgan fingerprint density at radius 1 is 1.53 bits per heavy atom. The molecule has 1 N–H and O–H groups in total. The molecule has 2 fully saturated rings. The van der Waals surface area contributed by atoms with Crippen LogP contribution in [0.3, 0.4) is 0 Å². The molecule has 2 saturated heterocycles. The second-order valence-corrected chi connectivity index (χ2v) is 6.09. The van der Waals surface area contributed by atoms with Crippen LogP contribution in [0.5, 0.6) is 0 Å². The topological polar surface area (TPSA) is 67.9 Å². The van der Waals surface area contributed by atoms with E-state index in [4.69, 9.17) is 9.47 Å². The maximum atomic E-state index is 12.1. The molecule has 0 spiro atoms. The average Bonchev–Trinajstić information content (AvgIpc) is 2.86. The number of carbonyl (C=O) groups excluding carboxylic acids is 2. The summed E-state index contributed by atoms with van der Waals surface area (Å²) in [6.07, 6.45) is 1.23. The lowest BCUT2D eigenvalue weighted by atomic mass is 10.1. The quantitative estimate of drug-likeness (QED) is 0.772. The van der Waals surface area contributed by atoms with Crippen LogP contribution < -0.4 is 5.32 Å². The summed E-state index contributed by atoms with van der Waals surface area (Å²) >= 11 is 0. The van der Waals surface area contributed by atoms with Crippen LogP contribution in [0.4, 0.5) is 4.79 Å². The van der Waals surface area contributed by atoms with Gasteiger partial charge in [-0.15, -0.1) is 0 Å². The van der Waals surface area contributed by atoms with E-state index in [1.807, 2.05) is 20.8 Å². The predicted octanol–water partition coefficient (Wildman–Crippen LogP) is 0.901. The molecule has 6 nitrogen and oxygen atoms in total. The Kier molecular flexibility index (Phi) is 3.99. The highest BCUT2D eigenvalue weighted by Gasteiger charge is 2.36. The van der Waals surface area contributed by atoms with Gasteiger partial charge < -0.3 is 14.8 Å². The van der Waals surface area contributed by atoms with E-state index in [0.29, 0.717) is 13.1 Å². The summed E-state index contributed by atoms with van der Waals surface area (Å²) in [5.74, 6) is -0.178. The van der Waals surface area contributed by atoms with Gasteiger partial charge in [0.1, 0.15) is 17.7 Å². The van der Waals surface area contributed by atoms with E-state index in [1.165, 1.54) is 0 Å². The van der Waals surface area contributed by atoms with Crippen molar-refractivity contribution < 1.29 is 19.1 Å². The van der Waals surface area contributed by atoms with Crippen LogP contribution in [0.15, 0.2) is 0 Å². The zero-order chi connectivity index (χ0) is 14.0. The molecule has 2 heterocycles. The molecule has 108 valence electrons. The number of hydrogen-bond donors (Lipinski definition) is 1. The number of ether oxygens (including phenoxy) is 2. The summed E-state index contributed by atoms with van der Waals surface area (Å²) in [6, 6.07) is -0.210. The number of esters is 1. The maximum Gasteiger partial charge on any atom is 0.407 e. The summed E-state index contributed by atoms with van der Waals surface area (Å²) in [4.78, 5) is 25.2. The van der Waals surface area contributed by atoms with E-state index in [0.717, 1.165) is 19.4 Å². The molecule has 0 aliphatic carbocycles. The van der Waals surface area contributed by atoms with Gasteiger partial charge in [0.05, 0.1) is 6.54 Å². The number of hydrogen-bond acceptors (Lipinski definition) is 5. The van der Waals surface area contributed by atoms with Crippen molar-refractivity contribution in [2.45, 2.75) is 51.4 Å². The lowest BCUT2D eigenvalue weighted by molar-refractivity contribution is -0.160. The molecule has 6 heteroatoms. The van der Waals surface area contributed by atoms with Gasteiger partial charge in [-0.05, 0) is 40.2 Å². The molecular formula is C13H22N2O4. The highest BCUT2D eigenvalue weighted by Crippen LogP contribution is 2.22. The van der Waals surface area contributed by atoms with Crippen LogP contribution >= 0.6 is 0 Å². The molecule has 0 bridgehead atoms. The normalized spacial score (nSPS) is 28.1. The van der Waals surface area contributed by atoms with Crippen LogP contribution in [0.1, 0.15) is 33.6 Å². The van der Waals surface area contributed by atoms with E-state index in [-0.39, 0.29) is 24.2 Å². The van der Waals surface area contributed by atoms with Crippen molar-refractivity contribution in [3.8, 4) is 0 Å². The van der Waals surface area contributed by atoms with Gasteiger partial charge in [0.2, 0.25) is 0 Å². The van der Waals surface area contributed by atoms with Gasteiger partial charge in [-0.2, -0.15) is 0 Å². The standard InChI is InChI=1S/C13H22N2O4/c1-13(2,3)19-11(16)10-5-4-6-15(10)8-9-7-14-12(17)18-9/h9-10H,4-8H2,1-3H3,(H,14,17)/t9?,10-/m0/s1. The molecule has 0 radical (unpaired) electrons. The molecule has 1 unspecified atom stereocenters. The minimum Gasteiger partial charge on any atom is -0.459 e. The second-order valence-electron chi connectivity index (χ2n) is 6.09. The Hall–Kier alpha value is -1.30. The fraction of sp³-hybridized carbons (Fsp3) is 0.846. The molecule has 2 rings (SSSR count). The zero-order valence-electron chi connectivity index (χ0n) is 11.8. The van der Waals surface area contributed by atoms with E-state index >= 15 is 0 Å². The molecule has 19 heavy (non-hydrogen) atoms. The first-order chi connectivity index (χ1) is 8.85. The Bertz CT molecular complexity index is 364. The first-order valence-electron chi connectivity index (χ1n) is 6.76. The van der Waals surface area contributed by atoms with Gasteiger partial charge in [0.25, 0.3) is 0 Å². The number of likely N-dealkylation sites (tertiary alicyclic amines) is 1. The molecule has 1 amide bonds. The van der Waals surface area contributed by atoms with Crippen LogP contribution in [0.25, 0.3) is 0 Å². The fourth-order valence-corrected chi connectivity index (χ4v) is 2.48. The molecule has 2 aliphatic rings. The van der Waals surface area contributed by atoms with Crippen LogP contribution in [-0.2, 0) is 14.3 Å². The van der Waals surface area contributed by atoms with Crippen LogP contribution in [-0.4, -0.2) is 54.3 Å². The summed E-state index contributed by atoms with van der Waals surface area (Å²) < 4.78 is 10.5. The van der Waals surface area contributed by atoms with Gasteiger partial charge in [-0.25, -0.2) is 4.79 Å². The second kappa shape index (κ2) is 5.36. The summed E-state index contributed by atoms with van der Waals surface area (Å²) in [6.45, 7) is 7.55. The van der Waals surface area contributed by atoms with E-state index in [9.17, 15) is 9.59 Å². The number of alkyl carbamates (subject to hydrolysis) is 1. The third-order valence-electron chi connectivity index (χ3n) is 3.23. The summed E-state index contributed by atoms with van der Waals surface area (Å²) in [7, 11) is 0. The molecule has 0 aromatic rings. The van der Waals surface area contributed by atoms with E-state index in [2.05, 4.69) is 10.2 Å². The van der Waals surface area contributed by atoms with Gasteiger partial charge in [-0.3, -0.25) is 9.69 Å². The number of carbonyl (C=O) groups is 2.